The van der Waals surface area contributed by atoms with Crippen molar-refractivity contribution in [1.82, 2.24) is 5.32 Å². The van der Waals surface area contributed by atoms with Crippen LogP contribution in [-0.4, -0.2) is 48.2 Å². The van der Waals surface area contributed by atoms with Gasteiger partial charge in [-0.2, -0.15) is 0 Å². The van der Waals surface area contributed by atoms with E-state index in [1.165, 1.54) is 36.7 Å². The average Bonchev–Trinajstić information content (AvgIpc) is 3.12. The molecule has 1 amide bonds. The first-order chi connectivity index (χ1) is 13.0. The highest BCUT2D eigenvalue weighted by molar-refractivity contribution is 7.92. The SMILES string of the molecule is COCCNC(=O)c1cc(S(=O)(=O)N2CCc3ccccc32)ccc1OC. The molecule has 27 heavy (non-hydrogen) atoms. The Morgan fingerprint density at radius 1 is 1.19 bits per heavy atom. The third-order valence-electron chi connectivity index (χ3n) is 4.44. The summed E-state index contributed by atoms with van der Waals surface area (Å²) in [6.07, 6.45) is 0.663. The van der Waals surface area contributed by atoms with Gasteiger partial charge in [0.15, 0.2) is 0 Å². The number of hydrogen-bond donors (Lipinski definition) is 1. The van der Waals surface area contributed by atoms with Crippen LogP contribution < -0.4 is 14.4 Å². The van der Waals surface area contributed by atoms with Crippen LogP contribution in [0.5, 0.6) is 5.75 Å². The first-order valence-corrected chi connectivity index (χ1v) is 9.99. The van der Waals surface area contributed by atoms with E-state index < -0.39 is 15.9 Å². The zero-order chi connectivity index (χ0) is 19.4. The average molecular weight is 390 g/mol. The van der Waals surface area contributed by atoms with Crippen molar-refractivity contribution in [2.75, 3.05) is 38.2 Å². The fraction of sp³-hybridized carbons (Fsp3) is 0.316. The molecule has 7 nitrogen and oxygen atoms in total. The molecule has 0 unspecified atom stereocenters. The molecule has 0 saturated carbocycles. The molecule has 2 aromatic rings. The third-order valence-corrected chi connectivity index (χ3v) is 6.25. The highest BCUT2D eigenvalue weighted by Gasteiger charge is 2.31. The molecule has 1 N–H and O–H groups in total. The van der Waals surface area contributed by atoms with Crippen molar-refractivity contribution in [1.29, 1.82) is 0 Å². The van der Waals surface area contributed by atoms with E-state index >= 15 is 0 Å². The van der Waals surface area contributed by atoms with Gasteiger partial charge in [0.25, 0.3) is 15.9 Å². The van der Waals surface area contributed by atoms with Crippen LogP contribution >= 0.6 is 0 Å². The van der Waals surface area contributed by atoms with E-state index in [4.69, 9.17) is 9.47 Å². The van der Waals surface area contributed by atoms with Crippen molar-refractivity contribution in [3.05, 3.63) is 53.6 Å². The van der Waals surface area contributed by atoms with Crippen LogP contribution in [0.3, 0.4) is 0 Å². The maximum atomic E-state index is 13.2. The summed E-state index contributed by atoms with van der Waals surface area (Å²) < 4.78 is 37.9. The lowest BCUT2D eigenvalue weighted by molar-refractivity contribution is 0.0934. The van der Waals surface area contributed by atoms with Gasteiger partial charge in [0.05, 0.1) is 29.9 Å². The number of fused-ring (bicyclic) bond motifs is 1. The van der Waals surface area contributed by atoms with Gasteiger partial charge in [0, 0.05) is 20.2 Å². The summed E-state index contributed by atoms with van der Waals surface area (Å²) in [5.41, 5.74) is 1.84. The van der Waals surface area contributed by atoms with Crippen LogP contribution in [0, 0.1) is 0 Å². The second-order valence-electron chi connectivity index (χ2n) is 6.07. The highest BCUT2D eigenvalue weighted by atomic mass is 32.2. The minimum Gasteiger partial charge on any atom is -0.496 e. The second kappa shape index (κ2) is 7.98. The molecule has 2 aromatic carbocycles. The number of anilines is 1. The van der Waals surface area contributed by atoms with Crippen molar-refractivity contribution in [3.63, 3.8) is 0 Å². The van der Waals surface area contributed by atoms with Gasteiger partial charge in [0.2, 0.25) is 0 Å². The standard InChI is InChI=1S/C19H22N2O5S/c1-25-12-10-20-19(22)16-13-15(7-8-18(16)26-2)27(23,24)21-11-9-14-5-3-4-6-17(14)21/h3-8,13H,9-12H2,1-2H3,(H,20,22). The Kier molecular flexibility index (Phi) is 5.67. The first kappa shape index (κ1) is 19.2. The number of benzene rings is 2. The number of ether oxygens (including phenoxy) is 2. The third kappa shape index (κ3) is 3.77. The number of amides is 1. The van der Waals surface area contributed by atoms with Gasteiger partial charge in [-0.1, -0.05) is 18.2 Å². The number of sulfonamides is 1. The number of nitrogens with one attached hydrogen (secondary N) is 1. The minimum atomic E-state index is -3.79. The smallest absolute Gasteiger partial charge is 0.264 e. The molecule has 0 aliphatic carbocycles. The number of methoxy groups -OCH3 is 2. The summed E-state index contributed by atoms with van der Waals surface area (Å²) in [5, 5.41) is 2.69. The fourth-order valence-corrected chi connectivity index (χ4v) is 4.60. The Bertz CT molecular complexity index is 943. The lowest BCUT2D eigenvalue weighted by atomic mass is 10.2. The van der Waals surface area contributed by atoms with Crippen molar-refractivity contribution in [2.45, 2.75) is 11.3 Å². The predicted molar refractivity (Wildman–Crippen MR) is 102 cm³/mol. The molecule has 1 aliphatic heterocycles. The number of nitrogens with zero attached hydrogens (tertiary/aromatic N) is 1. The Balaban J connectivity index is 1.95. The van der Waals surface area contributed by atoms with Gasteiger partial charge in [-0.3, -0.25) is 9.10 Å². The van der Waals surface area contributed by atoms with E-state index in [-0.39, 0.29) is 10.5 Å². The Morgan fingerprint density at radius 3 is 2.70 bits per heavy atom. The van der Waals surface area contributed by atoms with E-state index in [1.807, 2.05) is 18.2 Å². The summed E-state index contributed by atoms with van der Waals surface area (Å²) >= 11 is 0. The molecule has 144 valence electrons. The van der Waals surface area contributed by atoms with Gasteiger partial charge in [-0.15, -0.1) is 0 Å². The largest absolute Gasteiger partial charge is 0.496 e. The lowest BCUT2D eigenvalue weighted by Gasteiger charge is -2.20. The number of para-hydroxylation sites is 1. The molecule has 1 aliphatic rings. The quantitative estimate of drug-likeness (QED) is 0.729. The molecule has 0 fully saturated rings. The van der Waals surface area contributed by atoms with Crippen LogP contribution in [-0.2, 0) is 21.2 Å². The predicted octanol–water partition coefficient (Wildman–Crippen LogP) is 1.82. The van der Waals surface area contributed by atoms with Gasteiger partial charge < -0.3 is 14.8 Å². The number of hydrogen-bond acceptors (Lipinski definition) is 5. The van der Waals surface area contributed by atoms with E-state index in [0.717, 1.165) is 5.56 Å². The normalized spacial score (nSPS) is 13.3. The number of carbonyl (C=O) groups is 1. The molecule has 8 heteroatoms. The highest BCUT2D eigenvalue weighted by Crippen LogP contribution is 2.33. The van der Waals surface area contributed by atoms with Crippen molar-refractivity contribution >= 4 is 21.6 Å². The summed E-state index contributed by atoms with van der Waals surface area (Å²) in [5.74, 6) is -0.103. The Labute approximate surface area is 158 Å². The van der Waals surface area contributed by atoms with Gasteiger partial charge in [0.1, 0.15) is 5.75 Å². The van der Waals surface area contributed by atoms with Crippen LogP contribution in [0.15, 0.2) is 47.4 Å². The van der Waals surface area contributed by atoms with E-state index in [0.29, 0.717) is 37.6 Å². The first-order valence-electron chi connectivity index (χ1n) is 8.55. The molecule has 0 saturated heterocycles. The molecular formula is C19H22N2O5S. The van der Waals surface area contributed by atoms with Crippen LogP contribution in [0.1, 0.15) is 15.9 Å². The maximum absolute atomic E-state index is 13.2. The molecule has 0 bridgehead atoms. The van der Waals surface area contributed by atoms with Crippen molar-refractivity contribution < 1.29 is 22.7 Å². The Morgan fingerprint density at radius 2 is 1.96 bits per heavy atom. The number of carbonyl (C=O) groups excluding carboxylic acids is 1. The van der Waals surface area contributed by atoms with E-state index in [1.54, 1.807) is 6.07 Å². The zero-order valence-corrected chi connectivity index (χ0v) is 16.1. The number of rotatable bonds is 7. The van der Waals surface area contributed by atoms with E-state index in [2.05, 4.69) is 5.32 Å². The minimum absolute atomic E-state index is 0.0527. The molecule has 0 aromatic heterocycles. The van der Waals surface area contributed by atoms with Gasteiger partial charge >= 0.3 is 0 Å². The van der Waals surface area contributed by atoms with Gasteiger partial charge in [-0.05, 0) is 36.2 Å². The summed E-state index contributed by atoms with van der Waals surface area (Å²) in [7, 11) is -0.813. The summed E-state index contributed by atoms with van der Waals surface area (Å²) in [4.78, 5) is 12.5. The molecule has 0 atom stereocenters. The second-order valence-corrected chi connectivity index (χ2v) is 7.93. The summed E-state index contributed by atoms with van der Waals surface area (Å²) in [6, 6.07) is 11.7. The molecule has 3 rings (SSSR count). The fourth-order valence-electron chi connectivity index (χ4n) is 3.07. The van der Waals surface area contributed by atoms with E-state index in [9.17, 15) is 13.2 Å². The van der Waals surface area contributed by atoms with Crippen LogP contribution in [0.25, 0.3) is 0 Å². The lowest BCUT2D eigenvalue weighted by Crippen LogP contribution is -2.30. The zero-order valence-electron chi connectivity index (χ0n) is 15.3. The Hall–Kier alpha value is -2.58. The molecular weight excluding hydrogens is 368 g/mol. The molecule has 0 spiro atoms. The summed E-state index contributed by atoms with van der Waals surface area (Å²) in [6.45, 7) is 1.05. The monoisotopic (exact) mass is 390 g/mol. The topological polar surface area (TPSA) is 84.9 Å². The van der Waals surface area contributed by atoms with Crippen LogP contribution in [0.2, 0.25) is 0 Å². The molecule has 1 heterocycles. The molecule has 0 radical (unpaired) electrons. The maximum Gasteiger partial charge on any atom is 0.264 e. The van der Waals surface area contributed by atoms with Crippen molar-refractivity contribution in [2.24, 2.45) is 0 Å². The van der Waals surface area contributed by atoms with Crippen molar-refractivity contribution in [3.8, 4) is 5.75 Å². The van der Waals surface area contributed by atoms with Crippen LogP contribution in [0.4, 0.5) is 5.69 Å². The van der Waals surface area contributed by atoms with Gasteiger partial charge in [-0.25, -0.2) is 8.42 Å².